The molecule has 3 fully saturated rings. The third-order valence-electron chi connectivity index (χ3n) is 6.31. The van der Waals surface area contributed by atoms with Crippen molar-refractivity contribution in [3.05, 3.63) is 29.0 Å². The summed E-state index contributed by atoms with van der Waals surface area (Å²) in [5, 5.41) is 1.35. The van der Waals surface area contributed by atoms with Gasteiger partial charge in [0.1, 0.15) is 5.75 Å². The summed E-state index contributed by atoms with van der Waals surface area (Å²) in [5.74, 6) is 2.87. The van der Waals surface area contributed by atoms with Gasteiger partial charge in [-0.25, -0.2) is 0 Å². The van der Waals surface area contributed by atoms with Crippen molar-refractivity contribution in [3.8, 4) is 5.75 Å². The Morgan fingerprint density at radius 1 is 1.08 bits per heavy atom. The lowest BCUT2D eigenvalue weighted by molar-refractivity contribution is 0.255. The molecule has 3 nitrogen and oxygen atoms in total. The van der Waals surface area contributed by atoms with Crippen molar-refractivity contribution in [1.82, 2.24) is 9.88 Å². The molecule has 3 aliphatic rings. The van der Waals surface area contributed by atoms with E-state index in [0.717, 1.165) is 24.0 Å². The average Bonchev–Trinajstić information content (AvgIpc) is 2.73. The van der Waals surface area contributed by atoms with Crippen LogP contribution in [0.25, 0.3) is 10.9 Å². The molecular weight excluding hydrogens is 296 g/mol. The Bertz CT molecular complexity index is 711. The highest BCUT2D eigenvalue weighted by Gasteiger charge is 2.29. The Labute approximate surface area is 145 Å². The fraction of sp³-hybridized carbons (Fsp3) is 0.619. The molecule has 2 bridgehead atoms. The van der Waals surface area contributed by atoms with E-state index in [0.29, 0.717) is 0 Å². The molecule has 5 rings (SSSR count). The van der Waals surface area contributed by atoms with E-state index >= 15 is 0 Å². The molecule has 24 heavy (non-hydrogen) atoms. The van der Waals surface area contributed by atoms with Gasteiger partial charge in [-0.2, -0.15) is 0 Å². The smallest absolute Gasteiger partial charge is 0.119 e. The topological polar surface area (TPSA) is 28.3 Å². The highest BCUT2D eigenvalue weighted by atomic mass is 16.5. The third kappa shape index (κ3) is 2.95. The predicted molar refractivity (Wildman–Crippen MR) is 99.9 cm³/mol. The van der Waals surface area contributed by atoms with Crippen molar-refractivity contribution in [2.24, 2.45) is 11.8 Å². The minimum atomic E-state index is 0.954. The molecule has 1 N–H and O–H groups in total. The Morgan fingerprint density at radius 3 is 2.38 bits per heavy atom. The fourth-order valence-electron chi connectivity index (χ4n) is 4.92. The molecule has 0 spiro atoms. The lowest BCUT2D eigenvalue weighted by Crippen LogP contribution is -2.30. The normalized spacial score (nSPS) is 24.5. The number of H-pyrrole nitrogens is 1. The van der Waals surface area contributed by atoms with Crippen molar-refractivity contribution < 1.29 is 4.74 Å². The third-order valence-corrected chi connectivity index (χ3v) is 6.31. The van der Waals surface area contributed by atoms with Gasteiger partial charge in [0.2, 0.25) is 0 Å². The van der Waals surface area contributed by atoms with Gasteiger partial charge in [-0.05, 0) is 81.0 Å². The number of rotatable bonds is 4. The number of aryl methyl sites for hydroxylation is 2. The zero-order chi connectivity index (χ0) is 16.7. The lowest BCUT2D eigenvalue weighted by atomic mass is 9.84. The maximum atomic E-state index is 5.49. The van der Waals surface area contributed by atoms with Crippen LogP contribution in [-0.4, -0.2) is 36.6 Å². The number of hydrogen-bond acceptors (Lipinski definition) is 2. The first kappa shape index (κ1) is 16.0. The molecule has 1 aromatic carbocycles. The van der Waals surface area contributed by atoms with Crippen LogP contribution in [0.5, 0.6) is 5.75 Å². The Balaban J connectivity index is 1.56. The van der Waals surface area contributed by atoms with Crippen molar-refractivity contribution >= 4 is 10.9 Å². The van der Waals surface area contributed by atoms with Crippen LogP contribution < -0.4 is 4.74 Å². The SMILES string of the molecule is COc1cc(C)c2[nH]c(C)c(CCN3CC4CCC(CC4)C3)c2c1. The molecule has 1 saturated carbocycles. The van der Waals surface area contributed by atoms with Crippen LogP contribution in [0.4, 0.5) is 0 Å². The first-order chi connectivity index (χ1) is 11.6. The fourth-order valence-corrected chi connectivity index (χ4v) is 4.92. The van der Waals surface area contributed by atoms with Crippen LogP contribution in [0.15, 0.2) is 12.1 Å². The molecular formula is C21H30N2O. The second-order valence-corrected chi connectivity index (χ2v) is 7.99. The van der Waals surface area contributed by atoms with Crippen LogP contribution in [0, 0.1) is 25.7 Å². The number of hydrogen-bond donors (Lipinski definition) is 1. The first-order valence-electron chi connectivity index (χ1n) is 9.52. The summed E-state index contributed by atoms with van der Waals surface area (Å²) < 4.78 is 5.49. The van der Waals surface area contributed by atoms with E-state index in [-0.39, 0.29) is 0 Å². The number of aromatic amines is 1. The van der Waals surface area contributed by atoms with Crippen LogP contribution in [0.3, 0.4) is 0 Å². The van der Waals surface area contributed by atoms with Gasteiger partial charge in [0.25, 0.3) is 0 Å². The summed E-state index contributed by atoms with van der Waals surface area (Å²) in [6, 6.07) is 4.32. The molecule has 1 aliphatic carbocycles. The van der Waals surface area contributed by atoms with E-state index in [1.807, 2.05) is 0 Å². The van der Waals surface area contributed by atoms with Crippen molar-refractivity contribution in [1.29, 1.82) is 0 Å². The number of nitrogens with one attached hydrogen (secondary N) is 1. The molecule has 1 aromatic heterocycles. The molecule has 0 amide bonds. The second-order valence-electron chi connectivity index (χ2n) is 7.99. The predicted octanol–water partition coefficient (Wildman–Crippen LogP) is 4.46. The Morgan fingerprint density at radius 2 is 1.75 bits per heavy atom. The minimum Gasteiger partial charge on any atom is -0.497 e. The largest absolute Gasteiger partial charge is 0.497 e. The quantitative estimate of drug-likeness (QED) is 0.898. The van der Waals surface area contributed by atoms with Crippen LogP contribution in [0.2, 0.25) is 0 Å². The van der Waals surface area contributed by atoms with Gasteiger partial charge in [-0.3, -0.25) is 0 Å². The standard InChI is InChI=1S/C21H30N2O/c1-14-10-18(24-3)11-20-19(15(2)22-21(14)20)8-9-23-12-16-4-5-17(13-23)7-6-16/h10-11,16-17,22H,4-9,12-13H2,1-3H3. The van der Waals surface area contributed by atoms with E-state index in [1.165, 1.54) is 73.0 Å². The minimum absolute atomic E-state index is 0.954. The van der Waals surface area contributed by atoms with Gasteiger partial charge in [-0.1, -0.05) is 0 Å². The van der Waals surface area contributed by atoms with Gasteiger partial charge < -0.3 is 14.6 Å². The van der Waals surface area contributed by atoms with Gasteiger partial charge in [0, 0.05) is 36.2 Å². The zero-order valence-corrected chi connectivity index (χ0v) is 15.3. The maximum Gasteiger partial charge on any atom is 0.119 e. The van der Waals surface area contributed by atoms with E-state index in [4.69, 9.17) is 4.74 Å². The monoisotopic (exact) mass is 326 g/mol. The van der Waals surface area contributed by atoms with Crippen molar-refractivity contribution in [2.75, 3.05) is 26.7 Å². The zero-order valence-electron chi connectivity index (χ0n) is 15.3. The number of benzene rings is 1. The number of methoxy groups -OCH3 is 1. The Hall–Kier alpha value is -1.48. The summed E-state index contributed by atoms with van der Waals surface area (Å²) in [4.78, 5) is 6.34. The molecule has 0 atom stereocenters. The van der Waals surface area contributed by atoms with E-state index in [9.17, 15) is 0 Å². The van der Waals surface area contributed by atoms with Gasteiger partial charge in [0.15, 0.2) is 0 Å². The summed E-state index contributed by atoms with van der Waals surface area (Å²) >= 11 is 0. The van der Waals surface area contributed by atoms with Crippen molar-refractivity contribution in [3.63, 3.8) is 0 Å². The Kier molecular flexibility index (Phi) is 4.29. The number of nitrogens with zero attached hydrogens (tertiary/aromatic N) is 1. The van der Waals surface area contributed by atoms with Crippen LogP contribution in [0.1, 0.15) is 42.5 Å². The van der Waals surface area contributed by atoms with Crippen LogP contribution in [-0.2, 0) is 6.42 Å². The summed E-state index contributed by atoms with van der Waals surface area (Å²) in [7, 11) is 1.76. The first-order valence-corrected chi connectivity index (χ1v) is 9.52. The molecule has 2 aliphatic heterocycles. The average molecular weight is 326 g/mol. The molecule has 0 radical (unpaired) electrons. The number of aromatic nitrogens is 1. The van der Waals surface area contributed by atoms with Gasteiger partial charge >= 0.3 is 0 Å². The van der Waals surface area contributed by atoms with Gasteiger partial charge in [-0.15, -0.1) is 0 Å². The summed E-state index contributed by atoms with van der Waals surface area (Å²) in [6.45, 7) is 8.21. The second kappa shape index (κ2) is 6.44. The molecule has 3 heteroatoms. The van der Waals surface area contributed by atoms with Gasteiger partial charge in [0.05, 0.1) is 7.11 Å². The molecule has 2 aromatic rings. The van der Waals surface area contributed by atoms with E-state index in [1.54, 1.807) is 7.11 Å². The van der Waals surface area contributed by atoms with E-state index in [2.05, 4.69) is 35.9 Å². The highest BCUT2D eigenvalue weighted by Crippen LogP contribution is 2.34. The van der Waals surface area contributed by atoms with Crippen molar-refractivity contribution in [2.45, 2.75) is 46.0 Å². The number of fused-ring (bicyclic) bond motifs is 5. The highest BCUT2D eigenvalue weighted by molar-refractivity contribution is 5.88. The lowest BCUT2D eigenvalue weighted by Gasteiger charge is -2.22. The summed E-state index contributed by atoms with van der Waals surface area (Å²) in [5.41, 5.74) is 5.34. The van der Waals surface area contributed by atoms with E-state index < -0.39 is 0 Å². The maximum absolute atomic E-state index is 5.49. The molecule has 3 heterocycles. The molecule has 0 unspecified atom stereocenters. The number of ether oxygens (including phenoxy) is 1. The molecule has 130 valence electrons. The molecule has 2 saturated heterocycles. The van der Waals surface area contributed by atoms with Crippen LogP contribution >= 0.6 is 0 Å². The summed E-state index contributed by atoms with van der Waals surface area (Å²) in [6.07, 6.45) is 6.98.